The first-order chi connectivity index (χ1) is 20.0. The molecule has 1 aromatic carbocycles. The minimum absolute atomic E-state index is 0.0190. The molecule has 1 aromatic rings. The lowest BCUT2D eigenvalue weighted by Crippen LogP contribution is -2.55. The highest BCUT2D eigenvalue weighted by molar-refractivity contribution is 8.02. The highest BCUT2D eigenvalue weighted by Gasteiger charge is 2.71. The maximum atomic E-state index is 14.5. The van der Waals surface area contributed by atoms with E-state index in [1.54, 1.807) is 21.6 Å². The number of unbranched alkanes of at least 4 members (excludes halogenated alkanes) is 1. The van der Waals surface area contributed by atoms with Crippen molar-refractivity contribution in [1.29, 1.82) is 0 Å². The number of anilines is 1. The Morgan fingerprint density at radius 2 is 1.76 bits per heavy atom. The van der Waals surface area contributed by atoms with Crippen LogP contribution in [-0.2, 0) is 14.4 Å². The fourth-order valence-electron chi connectivity index (χ4n) is 7.63. The van der Waals surface area contributed by atoms with Crippen LogP contribution in [0, 0.1) is 11.8 Å². The molecule has 2 saturated heterocycles. The zero-order chi connectivity index (χ0) is 28.6. The number of aliphatic hydroxyl groups excluding tert-OH is 1. The molecule has 41 heavy (non-hydrogen) atoms. The Labute approximate surface area is 246 Å². The van der Waals surface area contributed by atoms with Crippen molar-refractivity contribution >= 4 is 35.2 Å². The summed E-state index contributed by atoms with van der Waals surface area (Å²) in [5.41, 5.74) is 0.771. The summed E-state index contributed by atoms with van der Waals surface area (Å²) in [6, 6.07) is 7.08. The van der Waals surface area contributed by atoms with Crippen LogP contribution in [0.25, 0.3) is 0 Å². The molecule has 0 bridgehead atoms. The maximum absolute atomic E-state index is 14.5. The minimum Gasteiger partial charge on any atom is -0.494 e. The summed E-state index contributed by atoms with van der Waals surface area (Å²) in [7, 11) is 0. The predicted molar refractivity (Wildman–Crippen MR) is 160 cm³/mol. The monoisotopic (exact) mass is 579 g/mol. The number of rotatable bonds is 8. The molecular weight excluding hydrogens is 538 g/mol. The van der Waals surface area contributed by atoms with Crippen LogP contribution in [0.15, 0.2) is 48.6 Å². The number of likely N-dealkylation sites (tertiary alicyclic amines) is 1. The molecule has 0 radical (unpaired) electrons. The highest BCUT2D eigenvalue weighted by Crippen LogP contribution is 2.61. The van der Waals surface area contributed by atoms with Crippen LogP contribution in [0.3, 0.4) is 0 Å². The van der Waals surface area contributed by atoms with Crippen LogP contribution in [0.2, 0.25) is 0 Å². The van der Waals surface area contributed by atoms with Crippen LogP contribution in [-0.4, -0.2) is 87.6 Å². The van der Waals surface area contributed by atoms with Gasteiger partial charge >= 0.3 is 0 Å². The molecule has 0 aromatic heterocycles. The topological polar surface area (TPSA) is 90.4 Å². The van der Waals surface area contributed by atoms with Crippen LogP contribution >= 0.6 is 11.8 Å². The van der Waals surface area contributed by atoms with Crippen molar-refractivity contribution in [2.24, 2.45) is 11.8 Å². The van der Waals surface area contributed by atoms with Gasteiger partial charge in [0.15, 0.2) is 0 Å². The normalized spacial score (nSPS) is 31.7. The number of nitrogens with zero attached hydrogens (tertiary/aromatic N) is 3. The summed E-state index contributed by atoms with van der Waals surface area (Å²) in [4.78, 5) is 48.8. The highest BCUT2D eigenvalue weighted by atomic mass is 32.2. The summed E-state index contributed by atoms with van der Waals surface area (Å²) in [5, 5.41) is 9.26. The molecule has 4 aliphatic heterocycles. The third-order valence-corrected chi connectivity index (χ3v) is 11.2. The van der Waals surface area contributed by atoms with Crippen molar-refractivity contribution in [3.05, 3.63) is 48.6 Å². The van der Waals surface area contributed by atoms with Crippen molar-refractivity contribution in [3.8, 4) is 5.75 Å². The Kier molecular flexibility index (Phi) is 8.19. The minimum atomic E-state index is -0.798. The molecule has 1 spiro atoms. The van der Waals surface area contributed by atoms with Gasteiger partial charge in [0.25, 0.3) is 0 Å². The quantitative estimate of drug-likeness (QED) is 0.372. The molecule has 1 N–H and O–H groups in total. The lowest BCUT2D eigenvalue weighted by atomic mass is 9.78. The van der Waals surface area contributed by atoms with Gasteiger partial charge in [0.05, 0.1) is 23.2 Å². The average molecular weight is 580 g/mol. The third kappa shape index (κ3) is 4.88. The number of hydrogen-bond acceptors (Lipinski definition) is 6. The fraction of sp³-hybridized carbons (Fsp3) is 0.594. The Bertz CT molecular complexity index is 1210. The predicted octanol–water partition coefficient (Wildman–Crippen LogP) is 3.79. The molecule has 8 nitrogen and oxygen atoms in total. The molecule has 9 heteroatoms. The Hall–Kier alpha value is -2.78. The smallest absolute Gasteiger partial charge is 0.247 e. The van der Waals surface area contributed by atoms with E-state index in [9.17, 15) is 19.5 Å². The molecule has 1 saturated carbocycles. The number of benzene rings is 1. The molecule has 6 rings (SSSR count). The van der Waals surface area contributed by atoms with Crippen LogP contribution in [0.4, 0.5) is 5.69 Å². The largest absolute Gasteiger partial charge is 0.494 e. The second kappa shape index (κ2) is 11.8. The molecule has 1 unspecified atom stereocenters. The number of aliphatic hydroxyl groups is 1. The van der Waals surface area contributed by atoms with E-state index < -0.39 is 22.6 Å². The molecule has 5 aliphatic rings. The first-order valence-electron chi connectivity index (χ1n) is 15.3. The Morgan fingerprint density at radius 3 is 2.49 bits per heavy atom. The van der Waals surface area contributed by atoms with Gasteiger partial charge in [-0.1, -0.05) is 43.6 Å². The van der Waals surface area contributed by atoms with E-state index in [2.05, 4.69) is 18.2 Å². The van der Waals surface area contributed by atoms with Gasteiger partial charge in [-0.15, -0.1) is 11.8 Å². The molecule has 220 valence electrons. The van der Waals surface area contributed by atoms with Crippen molar-refractivity contribution in [2.45, 2.75) is 74.0 Å². The molecular formula is C32H41N3O5S. The molecule has 5 atom stereocenters. The van der Waals surface area contributed by atoms with Gasteiger partial charge in [0, 0.05) is 43.2 Å². The zero-order valence-electron chi connectivity index (χ0n) is 23.8. The summed E-state index contributed by atoms with van der Waals surface area (Å²) in [5.74, 6) is -0.598. The number of carbonyl (C=O) groups excluding carboxylic acids is 3. The summed E-state index contributed by atoms with van der Waals surface area (Å²) in [6.45, 7) is 3.93. The van der Waals surface area contributed by atoms with E-state index >= 15 is 0 Å². The van der Waals surface area contributed by atoms with E-state index in [-0.39, 0.29) is 35.6 Å². The van der Waals surface area contributed by atoms with Crippen molar-refractivity contribution in [3.63, 3.8) is 0 Å². The molecule has 3 fully saturated rings. The fourth-order valence-corrected chi connectivity index (χ4v) is 9.64. The molecule has 4 heterocycles. The zero-order valence-corrected chi connectivity index (χ0v) is 24.6. The first kappa shape index (κ1) is 28.3. The summed E-state index contributed by atoms with van der Waals surface area (Å²) in [6.07, 6.45) is 14.9. The summed E-state index contributed by atoms with van der Waals surface area (Å²) >= 11 is 1.63. The number of amides is 3. The van der Waals surface area contributed by atoms with Crippen molar-refractivity contribution in [2.75, 3.05) is 37.7 Å². The van der Waals surface area contributed by atoms with Gasteiger partial charge in [0.1, 0.15) is 11.8 Å². The van der Waals surface area contributed by atoms with Crippen LogP contribution < -0.4 is 9.64 Å². The lowest BCUT2D eigenvalue weighted by molar-refractivity contribution is -0.144. The van der Waals surface area contributed by atoms with E-state index in [0.717, 1.165) is 37.1 Å². The maximum Gasteiger partial charge on any atom is 0.247 e. The van der Waals surface area contributed by atoms with E-state index in [0.29, 0.717) is 39.1 Å². The second-order valence-electron chi connectivity index (χ2n) is 11.8. The number of thioether (sulfide) groups is 1. The number of carbonyl (C=O) groups is 3. The lowest BCUT2D eigenvalue weighted by Gasteiger charge is -2.39. The van der Waals surface area contributed by atoms with Gasteiger partial charge in [-0.05, 0) is 56.9 Å². The SMILES string of the molecule is CCOc1ccc(N2CC=C[C@@H]3S[C@]45C=CCN(C6CCCCC6)C(=O)C4N(CCCCO)C(=O)[C@@H]5[C@@H]3C2=O)cc1. The Morgan fingerprint density at radius 1 is 0.976 bits per heavy atom. The number of hydrogen-bond donors (Lipinski definition) is 1. The van der Waals surface area contributed by atoms with E-state index in [1.165, 1.54) is 6.42 Å². The van der Waals surface area contributed by atoms with E-state index in [1.807, 2.05) is 42.2 Å². The van der Waals surface area contributed by atoms with Crippen molar-refractivity contribution in [1.82, 2.24) is 9.80 Å². The summed E-state index contributed by atoms with van der Waals surface area (Å²) < 4.78 is 4.80. The van der Waals surface area contributed by atoms with Crippen LogP contribution in [0.1, 0.15) is 51.9 Å². The first-order valence-corrected chi connectivity index (χ1v) is 16.2. The van der Waals surface area contributed by atoms with Gasteiger partial charge in [-0.25, -0.2) is 0 Å². The average Bonchev–Trinajstić information content (AvgIpc) is 3.29. The Balaban J connectivity index is 1.36. The van der Waals surface area contributed by atoms with Gasteiger partial charge < -0.3 is 24.5 Å². The van der Waals surface area contributed by atoms with Gasteiger partial charge in [-0.3, -0.25) is 14.4 Å². The van der Waals surface area contributed by atoms with Crippen molar-refractivity contribution < 1.29 is 24.2 Å². The second-order valence-corrected chi connectivity index (χ2v) is 13.3. The molecule has 1 aliphatic carbocycles. The third-order valence-electron chi connectivity index (χ3n) is 9.47. The standard InChI is InChI=1S/C32H41N3O5S/c1-2-40-24-15-13-23(14-16-24)33-19-8-12-25-26(29(33)37)27-30(38)35(18-6-7-21-36)28-31(39)34(22-10-4-3-5-11-22)20-9-17-32(27,28)41-25/h8-9,12-17,22,25-28,36H,2-7,10-11,18-21H2,1H3/t25-,26+,27-,28?,32-/m0/s1. The van der Waals surface area contributed by atoms with Crippen LogP contribution in [0.5, 0.6) is 5.75 Å². The number of ether oxygens (including phenoxy) is 1. The number of fused-ring (bicyclic) bond motifs is 2. The molecule has 3 amide bonds. The van der Waals surface area contributed by atoms with Gasteiger partial charge in [0.2, 0.25) is 17.7 Å². The van der Waals surface area contributed by atoms with Gasteiger partial charge in [-0.2, -0.15) is 0 Å². The van der Waals surface area contributed by atoms with E-state index in [4.69, 9.17) is 4.74 Å².